The van der Waals surface area contributed by atoms with Crippen LogP contribution in [0.1, 0.15) is 0 Å². The normalized spacial score (nSPS) is 12.2. The molecule has 15 heteroatoms. The molecule has 0 amide bonds. The van der Waals surface area contributed by atoms with Crippen molar-refractivity contribution in [2.75, 3.05) is 0 Å². The van der Waals surface area contributed by atoms with Crippen LogP contribution in [-0.2, 0) is 0 Å². The topological polar surface area (TPSA) is 9.86 Å². The molecule has 0 saturated heterocycles. The van der Waals surface area contributed by atoms with E-state index in [0.29, 0.717) is 49.0 Å². The highest BCUT2D eigenvalue weighted by molar-refractivity contribution is 8.34. The number of benzene rings is 8. The average molecular weight is 789 g/mol. The van der Waals surface area contributed by atoms with E-state index in [1.165, 1.54) is 0 Å². The van der Waals surface area contributed by atoms with Gasteiger partial charge in [-0.3, -0.25) is 0 Å². The lowest BCUT2D eigenvalue weighted by Crippen LogP contribution is -2.49. The second-order valence-electron chi connectivity index (χ2n) is 15.5. The number of fused-ring (bicyclic) bond motifs is 6. The van der Waals surface area contributed by atoms with E-state index in [2.05, 4.69) is 36.4 Å². The number of rotatable bonds is 6. The fraction of sp³-hybridized carbons (Fsp3) is 0. The van der Waals surface area contributed by atoms with Gasteiger partial charge in [-0.25, -0.2) is 0 Å². The third-order valence-corrected chi connectivity index (χ3v) is 16.3. The van der Waals surface area contributed by atoms with Crippen molar-refractivity contribution in [3.63, 3.8) is 0 Å². The zero-order chi connectivity index (χ0) is 44.2. The predicted molar refractivity (Wildman–Crippen MR) is 280 cm³/mol. The highest BCUT2D eigenvalue weighted by atomic mass is 32.3. The van der Waals surface area contributed by atoms with Crippen LogP contribution in [-0.4, -0.2) is 103 Å². The molecule has 0 saturated carbocycles. The summed E-state index contributed by atoms with van der Waals surface area (Å²) in [6.07, 6.45) is 0. The van der Waals surface area contributed by atoms with Crippen molar-refractivity contribution in [1.82, 2.24) is 9.13 Å². The number of nitrogens with zero attached hydrogens (tertiary/aromatic N) is 2. The Hall–Kier alpha value is -5.51. The van der Waals surface area contributed by atoms with E-state index in [-0.39, 0.29) is 54.6 Å². The molecule has 0 aliphatic heterocycles. The first-order valence-corrected chi connectivity index (χ1v) is 21.6. The maximum atomic E-state index is 7.66. The molecular formula is C48H22B12N2S. The van der Waals surface area contributed by atoms with Crippen LogP contribution in [0.4, 0.5) is 0 Å². The van der Waals surface area contributed by atoms with E-state index < -0.39 is 10.0 Å². The molecule has 10 rings (SSSR count). The van der Waals surface area contributed by atoms with Crippen molar-refractivity contribution in [3.05, 3.63) is 133 Å². The van der Waals surface area contributed by atoms with Crippen molar-refractivity contribution in [1.29, 1.82) is 0 Å². The van der Waals surface area contributed by atoms with Crippen LogP contribution in [0, 0.1) is 0 Å². The summed E-state index contributed by atoms with van der Waals surface area (Å²) in [4.78, 5) is 3.71. The third kappa shape index (κ3) is 5.77. The Morgan fingerprint density at radius 3 is 1.22 bits per heavy atom. The molecule has 2 aromatic heterocycles. The van der Waals surface area contributed by atoms with Gasteiger partial charge in [0.1, 0.15) is 94.2 Å². The largest absolute Gasteiger partial charge is 0.311 e. The van der Waals surface area contributed by atoms with Crippen molar-refractivity contribution < 1.29 is 0 Å². The van der Waals surface area contributed by atoms with Gasteiger partial charge in [-0.2, -0.15) is 0 Å². The van der Waals surface area contributed by atoms with E-state index in [1.54, 1.807) is 0 Å². The minimum absolute atomic E-state index is 0.112. The molecule has 266 valence electrons. The Labute approximate surface area is 384 Å². The quantitative estimate of drug-likeness (QED) is 0.187. The zero-order valence-electron chi connectivity index (χ0n) is 33.9. The maximum Gasteiger partial charge on any atom is 0.118 e. The zero-order valence-corrected chi connectivity index (χ0v) is 34.7. The summed E-state index contributed by atoms with van der Waals surface area (Å²) >= 11 is 0. The SMILES string of the molecule is [B]c1c([B])c(-n2c3ccccc3c3cc(-n4c5c([B])c([B])c([B])c([B])c5c5c([B])c([B])c([B])c([B])c54)ccc32)c([B])c(S(c2ccccc2)(c2ccccc2)c2ccccc2)c1[B]. The predicted octanol–water partition coefficient (Wildman–Crippen LogP) is -1.25. The summed E-state index contributed by atoms with van der Waals surface area (Å²) < 4.78 is 3.89. The molecule has 2 nitrogen and oxygen atoms in total. The second kappa shape index (κ2) is 15.3. The second-order valence-corrected chi connectivity index (χ2v) is 18.6. The Balaban J connectivity index is 1.34. The van der Waals surface area contributed by atoms with E-state index in [9.17, 15) is 0 Å². The van der Waals surface area contributed by atoms with E-state index >= 15 is 0 Å². The molecule has 0 atom stereocenters. The summed E-state index contributed by atoms with van der Waals surface area (Å²) in [5.74, 6) is 0. The molecule has 0 aliphatic rings. The first kappa shape index (κ1) is 41.5. The van der Waals surface area contributed by atoms with Crippen LogP contribution >= 0.6 is 10.0 Å². The summed E-state index contributed by atoms with van der Waals surface area (Å²) in [6.45, 7) is 0. The van der Waals surface area contributed by atoms with E-state index in [1.807, 2.05) is 106 Å². The van der Waals surface area contributed by atoms with Gasteiger partial charge < -0.3 is 9.13 Å². The molecule has 0 bridgehead atoms. The molecule has 0 fully saturated rings. The first-order valence-electron chi connectivity index (χ1n) is 19.9. The minimum atomic E-state index is -2.42. The molecule has 8 aromatic carbocycles. The molecule has 0 unspecified atom stereocenters. The lowest BCUT2D eigenvalue weighted by molar-refractivity contribution is 1.18. The lowest BCUT2D eigenvalue weighted by atomic mass is 9.63. The highest BCUT2D eigenvalue weighted by Gasteiger charge is 2.37. The fourth-order valence-corrected chi connectivity index (χ4v) is 13.4. The van der Waals surface area contributed by atoms with Gasteiger partial charge in [0.2, 0.25) is 0 Å². The summed E-state index contributed by atoms with van der Waals surface area (Å²) in [5.41, 5.74) is 5.88. The molecule has 24 radical (unpaired) electrons. The van der Waals surface area contributed by atoms with Crippen LogP contribution in [0.15, 0.2) is 153 Å². The molecule has 2 heterocycles. The fourth-order valence-electron chi connectivity index (χ4n) is 9.31. The number of para-hydroxylation sites is 1. The Morgan fingerprint density at radius 2 is 0.730 bits per heavy atom. The van der Waals surface area contributed by atoms with E-state index in [0.717, 1.165) is 36.5 Å². The first-order chi connectivity index (χ1) is 30.3. The van der Waals surface area contributed by atoms with Crippen molar-refractivity contribution in [2.45, 2.75) is 19.6 Å². The minimum Gasteiger partial charge on any atom is -0.311 e. The average Bonchev–Trinajstić information content (AvgIpc) is 3.84. The van der Waals surface area contributed by atoms with Crippen LogP contribution in [0.3, 0.4) is 0 Å². The van der Waals surface area contributed by atoms with Gasteiger partial charge in [0.05, 0.1) is 11.0 Å². The number of hydrogen-bond donors (Lipinski definition) is 0. The standard InChI is InChI=1S/C48H22B12N2S/c49-33-31-32-34(50)36(52)38(54)41(57)46(32)61(45(31)40(56)37(53)35(33)51)23-20-21-30-28(22-23)27-18-10-11-19-29(27)62(30)47-42(58)39(55)43(59)48(44(47)60)63(24-12-4-1-5-13-24,25-14-6-2-7-15-25)26-16-8-3-9-17-26/h1-22H. The molecular weight excluding hydrogens is 766 g/mol. The van der Waals surface area contributed by atoms with Gasteiger partial charge in [-0.05, 0) is 76.3 Å². The van der Waals surface area contributed by atoms with Gasteiger partial charge in [0.25, 0.3) is 0 Å². The molecule has 63 heavy (non-hydrogen) atoms. The van der Waals surface area contributed by atoms with E-state index in [4.69, 9.17) is 94.2 Å². The van der Waals surface area contributed by atoms with Gasteiger partial charge in [-0.15, -0.1) is 37.3 Å². The van der Waals surface area contributed by atoms with Crippen molar-refractivity contribution in [3.8, 4) is 11.4 Å². The Kier molecular flexibility index (Phi) is 10.1. The lowest BCUT2D eigenvalue weighted by Gasteiger charge is -2.45. The smallest absolute Gasteiger partial charge is 0.118 e. The monoisotopic (exact) mass is 790 g/mol. The van der Waals surface area contributed by atoms with Gasteiger partial charge in [-0.1, -0.05) is 111 Å². The van der Waals surface area contributed by atoms with Crippen LogP contribution < -0.4 is 65.6 Å². The van der Waals surface area contributed by atoms with Crippen LogP contribution in [0.5, 0.6) is 0 Å². The van der Waals surface area contributed by atoms with Gasteiger partial charge in [0, 0.05) is 47.9 Å². The molecule has 0 aliphatic carbocycles. The highest BCUT2D eigenvalue weighted by Crippen LogP contribution is 2.72. The number of hydrogen-bond acceptors (Lipinski definition) is 0. The summed E-state index contributed by atoms with van der Waals surface area (Å²) in [5, 5.41) is 2.59. The van der Waals surface area contributed by atoms with Crippen LogP contribution in [0.25, 0.3) is 55.0 Å². The number of aromatic nitrogens is 2. The Morgan fingerprint density at radius 1 is 0.317 bits per heavy atom. The van der Waals surface area contributed by atoms with Crippen molar-refractivity contribution >= 4 is 213 Å². The van der Waals surface area contributed by atoms with Gasteiger partial charge >= 0.3 is 0 Å². The maximum absolute atomic E-state index is 7.66. The summed E-state index contributed by atoms with van der Waals surface area (Å²) in [6, 6.07) is 44.7. The van der Waals surface area contributed by atoms with Crippen LogP contribution in [0.2, 0.25) is 0 Å². The Bertz CT molecular complexity index is 3360. The molecule has 0 N–H and O–H groups in total. The summed E-state index contributed by atoms with van der Waals surface area (Å²) in [7, 11) is 79.5. The third-order valence-electron chi connectivity index (χ3n) is 12.3. The van der Waals surface area contributed by atoms with Crippen molar-refractivity contribution in [2.24, 2.45) is 0 Å². The molecule has 0 spiro atoms. The molecule has 10 aromatic rings. The van der Waals surface area contributed by atoms with Gasteiger partial charge in [0.15, 0.2) is 0 Å².